The molecule has 1 aromatic carbocycles. The molecular weight excluding hydrogens is 386 g/mol. The fourth-order valence-electron chi connectivity index (χ4n) is 1.80. The number of carbonyl (C=O) groups is 2. The average molecular weight is 405 g/mol. The second kappa shape index (κ2) is 8.36. The molecule has 0 saturated heterocycles. The van der Waals surface area contributed by atoms with Gasteiger partial charge in [0.05, 0.1) is 5.54 Å². The third kappa shape index (κ3) is 7.05. The number of ether oxygens (including phenoxy) is 1. The van der Waals surface area contributed by atoms with E-state index in [0.717, 1.165) is 10.5 Å². The molecule has 0 fully saturated rings. The minimum absolute atomic E-state index is 0.330. The molecule has 126 valence electrons. The number of hydrogen-bond donors (Lipinski definition) is 2. The maximum Gasteiger partial charge on any atom is 0.328 e. The third-order valence-corrected chi connectivity index (χ3v) is 3.54. The molecule has 1 atom stereocenters. The Morgan fingerprint density at radius 3 is 2.61 bits per heavy atom. The first-order chi connectivity index (χ1) is 10.6. The Kier molecular flexibility index (Phi) is 7.09. The van der Waals surface area contributed by atoms with Gasteiger partial charge >= 0.3 is 5.97 Å². The van der Waals surface area contributed by atoms with Crippen LogP contribution < -0.4 is 10.1 Å². The van der Waals surface area contributed by atoms with Crippen LogP contribution in [0.15, 0.2) is 34.8 Å². The highest BCUT2D eigenvalue weighted by Crippen LogP contribution is 2.25. The zero-order valence-electron chi connectivity index (χ0n) is 13.1. The summed E-state index contributed by atoms with van der Waals surface area (Å²) in [6.45, 7) is 5.23. The van der Waals surface area contributed by atoms with Crippen molar-refractivity contribution in [1.29, 1.82) is 0 Å². The van der Waals surface area contributed by atoms with Gasteiger partial charge in [0.15, 0.2) is 6.10 Å². The molecule has 0 radical (unpaired) electrons. The molecule has 0 bridgehead atoms. The summed E-state index contributed by atoms with van der Waals surface area (Å²) in [5, 5.41) is 11.9. The number of nitrogens with one attached hydrogen (secondary N) is 1. The zero-order chi connectivity index (χ0) is 17.6. The molecule has 23 heavy (non-hydrogen) atoms. The highest BCUT2D eigenvalue weighted by molar-refractivity contribution is 9.10. The van der Waals surface area contributed by atoms with Crippen LogP contribution >= 0.6 is 27.5 Å². The second-order valence-electron chi connectivity index (χ2n) is 5.50. The Hall–Kier alpha value is -1.53. The van der Waals surface area contributed by atoms with E-state index in [9.17, 15) is 9.59 Å². The molecular formula is C16H19BrClNO4. The number of aliphatic carboxylic acids is 1. The average Bonchev–Trinajstić information content (AvgIpc) is 2.41. The molecule has 1 amide bonds. The van der Waals surface area contributed by atoms with E-state index in [4.69, 9.17) is 21.4 Å². The zero-order valence-corrected chi connectivity index (χ0v) is 15.4. The summed E-state index contributed by atoms with van der Waals surface area (Å²) in [5.74, 6) is -0.923. The van der Waals surface area contributed by atoms with Gasteiger partial charge in [-0.3, -0.25) is 4.79 Å². The number of hydrogen-bond acceptors (Lipinski definition) is 3. The van der Waals surface area contributed by atoms with Crippen LogP contribution in [0.4, 0.5) is 0 Å². The lowest BCUT2D eigenvalue weighted by Crippen LogP contribution is -2.48. The molecule has 5 nitrogen and oxygen atoms in total. The van der Waals surface area contributed by atoms with Crippen molar-refractivity contribution < 1.29 is 19.4 Å². The molecule has 1 unspecified atom stereocenters. The Labute approximate surface area is 148 Å². The molecule has 1 rings (SSSR count). The van der Waals surface area contributed by atoms with Crippen LogP contribution in [0.25, 0.3) is 0 Å². The lowest BCUT2D eigenvalue weighted by Gasteiger charge is -2.26. The smallest absolute Gasteiger partial charge is 0.328 e. The van der Waals surface area contributed by atoms with Gasteiger partial charge in [0.25, 0.3) is 5.91 Å². The number of amides is 1. The van der Waals surface area contributed by atoms with Crippen LogP contribution in [-0.2, 0) is 9.59 Å². The van der Waals surface area contributed by atoms with E-state index in [2.05, 4.69) is 21.2 Å². The SMILES string of the molecule is CCC(Oc1cc(Cl)cc(Br)c1)C(=O)NC(C)(C)/C=C/C(=O)O. The molecule has 0 aliphatic carbocycles. The van der Waals surface area contributed by atoms with Crippen molar-refractivity contribution in [2.24, 2.45) is 0 Å². The van der Waals surface area contributed by atoms with Crippen molar-refractivity contribution in [2.45, 2.75) is 38.8 Å². The van der Waals surface area contributed by atoms with Gasteiger partial charge < -0.3 is 15.2 Å². The number of carbonyl (C=O) groups excluding carboxylic acids is 1. The normalized spacial score (nSPS) is 12.9. The van der Waals surface area contributed by atoms with Crippen molar-refractivity contribution in [3.63, 3.8) is 0 Å². The Bertz CT molecular complexity index is 596. The molecule has 0 aromatic heterocycles. The number of halogens is 2. The van der Waals surface area contributed by atoms with E-state index >= 15 is 0 Å². The Balaban J connectivity index is 2.80. The molecule has 0 saturated carbocycles. The van der Waals surface area contributed by atoms with E-state index in [-0.39, 0.29) is 5.91 Å². The van der Waals surface area contributed by atoms with Crippen molar-refractivity contribution in [2.75, 3.05) is 0 Å². The van der Waals surface area contributed by atoms with Crippen LogP contribution in [0.1, 0.15) is 27.2 Å². The Morgan fingerprint density at radius 2 is 2.09 bits per heavy atom. The van der Waals surface area contributed by atoms with Gasteiger partial charge in [-0.25, -0.2) is 4.79 Å². The summed E-state index contributed by atoms with van der Waals surface area (Å²) >= 11 is 9.27. The van der Waals surface area contributed by atoms with Crippen molar-refractivity contribution >= 4 is 39.4 Å². The van der Waals surface area contributed by atoms with Gasteiger partial charge in [-0.15, -0.1) is 0 Å². The lowest BCUT2D eigenvalue weighted by atomic mass is 10.0. The van der Waals surface area contributed by atoms with Crippen LogP contribution in [0, 0.1) is 0 Å². The summed E-state index contributed by atoms with van der Waals surface area (Å²) < 4.78 is 6.44. The van der Waals surface area contributed by atoms with Crippen LogP contribution in [-0.4, -0.2) is 28.6 Å². The molecule has 0 heterocycles. The van der Waals surface area contributed by atoms with Gasteiger partial charge in [-0.1, -0.05) is 40.5 Å². The molecule has 0 spiro atoms. The van der Waals surface area contributed by atoms with Crippen LogP contribution in [0.3, 0.4) is 0 Å². The fourth-order valence-corrected chi connectivity index (χ4v) is 2.63. The second-order valence-corrected chi connectivity index (χ2v) is 6.85. The van der Waals surface area contributed by atoms with E-state index in [0.29, 0.717) is 17.2 Å². The molecule has 0 aliphatic rings. The minimum atomic E-state index is -1.07. The molecule has 0 aliphatic heterocycles. The quantitative estimate of drug-likeness (QED) is 0.678. The van der Waals surface area contributed by atoms with Gasteiger partial charge in [0.2, 0.25) is 0 Å². The highest BCUT2D eigenvalue weighted by Gasteiger charge is 2.24. The van der Waals surface area contributed by atoms with Gasteiger partial charge in [0.1, 0.15) is 5.75 Å². The van der Waals surface area contributed by atoms with Crippen molar-refractivity contribution in [3.05, 3.63) is 39.8 Å². The molecule has 1 aromatic rings. The number of carboxylic acids is 1. The largest absolute Gasteiger partial charge is 0.481 e. The lowest BCUT2D eigenvalue weighted by molar-refractivity contribution is -0.132. The first-order valence-corrected chi connectivity index (χ1v) is 8.17. The molecule has 2 N–H and O–H groups in total. The van der Waals surface area contributed by atoms with Gasteiger partial charge in [-0.2, -0.15) is 0 Å². The summed E-state index contributed by atoms with van der Waals surface area (Å²) in [6.07, 6.45) is 2.15. The van der Waals surface area contributed by atoms with E-state index in [1.165, 1.54) is 6.08 Å². The van der Waals surface area contributed by atoms with Gasteiger partial charge in [-0.05, 0) is 38.5 Å². The van der Waals surface area contributed by atoms with Crippen molar-refractivity contribution in [1.82, 2.24) is 5.32 Å². The van der Waals surface area contributed by atoms with Crippen LogP contribution in [0.5, 0.6) is 5.75 Å². The predicted molar refractivity (Wildman–Crippen MR) is 92.9 cm³/mol. The maximum absolute atomic E-state index is 12.3. The predicted octanol–water partition coefficient (Wildman–Crippen LogP) is 3.80. The number of benzene rings is 1. The summed E-state index contributed by atoms with van der Waals surface area (Å²) in [6, 6.07) is 5.06. The standard InChI is InChI=1S/C16H19BrClNO4/c1-4-13(23-12-8-10(17)7-11(18)9-12)15(22)19-16(2,3)6-5-14(20)21/h5-9,13H,4H2,1-3H3,(H,19,22)(H,20,21)/b6-5+. The summed E-state index contributed by atoms with van der Waals surface area (Å²) in [7, 11) is 0. The third-order valence-electron chi connectivity index (χ3n) is 2.87. The summed E-state index contributed by atoms with van der Waals surface area (Å²) in [5.41, 5.74) is -0.804. The van der Waals surface area contributed by atoms with E-state index in [1.807, 2.05) is 6.92 Å². The minimum Gasteiger partial charge on any atom is -0.481 e. The molecule has 7 heteroatoms. The number of rotatable bonds is 7. The first kappa shape index (κ1) is 19.5. The monoisotopic (exact) mass is 403 g/mol. The fraction of sp³-hybridized carbons (Fsp3) is 0.375. The van der Waals surface area contributed by atoms with Crippen LogP contribution in [0.2, 0.25) is 5.02 Å². The number of carboxylic acid groups (broad SMARTS) is 1. The summed E-state index contributed by atoms with van der Waals surface area (Å²) in [4.78, 5) is 22.9. The van der Waals surface area contributed by atoms with Crippen molar-refractivity contribution in [3.8, 4) is 5.75 Å². The van der Waals surface area contributed by atoms with E-state index < -0.39 is 17.6 Å². The van der Waals surface area contributed by atoms with E-state index in [1.54, 1.807) is 32.0 Å². The van der Waals surface area contributed by atoms with Gasteiger partial charge in [0, 0.05) is 15.6 Å². The first-order valence-electron chi connectivity index (χ1n) is 7.00. The topological polar surface area (TPSA) is 75.6 Å². The Morgan fingerprint density at radius 1 is 1.43 bits per heavy atom. The maximum atomic E-state index is 12.3. The highest BCUT2D eigenvalue weighted by atomic mass is 79.9.